The maximum Gasteiger partial charge on any atom is 0.332 e. The molecule has 4 N–H and O–H groups in total. The lowest BCUT2D eigenvalue weighted by molar-refractivity contribution is -0.177. The number of carbonyl (C=O) groups excluding carboxylic acids is 9. The van der Waals surface area contributed by atoms with Gasteiger partial charge in [0.15, 0.2) is 12.1 Å². The number of ether oxygens (including phenoxy) is 1. The molecule has 0 saturated carbocycles. The van der Waals surface area contributed by atoms with Crippen molar-refractivity contribution in [2.24, 2.45) is 29.6 Å². The minimum atomic E-state index is -1.97. The third kappa shape index (κ3) is 15.9. The number of esters is 1. The highest BCUT2D eigenvalue weighted by molar-refractivity contribution is 5.99. The topological polar surface area (TPSA) is 235 Å². The van der Waals surface area contributed by atoms with Crippen LogP contribution < -0.4 is 16.0 Å². The van der Waals surface area contributed by atoms with E-state index >= 15 is 9.59 Å². The highest BCUT2D eigenvalue weighted by atomic mass is 16.6. The summed E-state index contributed by atoms with van der Waals surface area (Å²) in [7, 11) is 5.64. The minimum Gasteiger partial charge on any atom is -0.450 e. The Kier molecular flexibility index (Phi) is 23.0. The second kappa shape index (κ2) is 28.0. The molecule has 19 heteroatoms. The number of likely N-dealkylation sites (N-methyl/N-ethyl adjacent to an activating group) is 4. The van der Waals surface area contributed by atoms with E-state index < -0.39 is 137 Å². The molecule has 2 aromatic carbocycles. The van der Waals surface area contributed by atoms with E-state index in [4.69, 9.17) is 4.74 Å². The van der Waals surface area contributed by atoms with Crippen molar-refractivity contribution >= 4 is 53.2 Å². The zero-order valence-electron chi connectivity index (χ0n) is 49.1. The molecule has 0 spiro atoms. The summed E-state index contributed by atoms with van der Waals surface area (Å²) in [4.78, 5) is 140. The molecule has 0 aromatic heterocycles. The van der Waals surface area contributed by atoms with Gasteiger partial charge in [-0.3, -0.25) is 38.4 Å². The first-order valence-corrected chi connectivity index (χ1v) is 27.7. The second-order valence-electron chi connectivity index (χ2n) is 23.5. The van der Waals surface area contributed by atoms with Gasteiger partial charge in [-0.25, -0.2) is 4.79 Å². The van der Waals surface area contributed by atoms with Crippen LogP contribution in [0.1, 0.15) is 120 Å². The molecule has 0 bridgehead atoms. The van der Waals surface area contributed by atoms with E-state index in [9.17, 15) is 38.7 Å². The maximum absolute atomic E-state index is 15.3. The number of hydrogen-bond donors (Lipinski definition) is 4. The van der Waals surface area contributed by atoms with Gasteiger partial charge in [0.05, 0.1) is 5.60 Å². The second-order valence-corrected chi connectivity index (χ2v) is 23.5. The van der Waals surface area contributed by atoms with Gasteiger partial charge in [0, 0.05) is 47.6 Å². The van der Waals surface area contributed by atoms with E-state index in [2.05, 4.69) is 16.0 Å². The van der Waals surface area contributed by atoms with Crippen molar-refractivity contribution in [3.05, 3.63) is 71.8 Å². The molecular weight excluding hydrogens is 997 g/mol. The molecule has 2 aromatic rings. The molecular formula is C59H90N8O11. The molecule has 432 valence electrons. The predicted molar refractivity (Wildman–Crippen MR) is 297 cm³/mol. The van der Waals surface area contributed by atoms with Crippen molar-refractivity contribution in [1.82, 2.24) is 40.4 Å². The Balaban J connectivity index is 1.96. The molecule has 2 heterocycles. The van der Waals surface area contributed by atoms with Gasteiger partial charge in [0.1, 0.15) is 42.3 Å². The summed E-state index contributed by atoms with van der Waals surface area (Å²) in [5.41, 5.74) is -0.553. The Morgan fingerprint density at radius 3 is 1.55 bits per heavy atom. The average molecular weight is 1090 g/mol. The first-order valence-electron chi connectivity index (χ1n) is 27.7. The van der Waals surface area contributed by atoms with Crippen LogP contribution in [-0.2, 0) is 60.7 Å². The lowest BCUT2D eigenvalue weighted by Crippen LogP contribution is -2.63. The van der Waals surface area contributed by atoms with Crippen LogP contribution in [0.25, 0.3) is 0 Å². The van der Waals surface area contributed by atoms with Crippen LogP contribution >= 0.6 is 0 Å². The Morgan fingerprint density at radius 2 is 1.08 bits per heavy atom. The van der Waals surface area contributed by atoms with Crippen molar-refractivity contribution in [3.63, 3.8) is 0 Å². The summed E-state index contributed by atoms with van der Waals surface area (Å²) in [5.74, 6) is -8.74. The normalized spacial score (nSPS) is 26.3. The lowest BCUT2D eigenvalue weighted by Gasteiger charge is -2.39. The van der Waals surface area contributed by atoms with E-state index in [-0.39, 0.29) is 38.1 Å². The third-order valence-corrected chi connectivity index (χ3v) is 15.3. The van der Waals surface area contributed by atoms with Crippen LogP contribution in [0.5, 0.6) is 0 Å². The highest BCUT2D eigenvalue weighted by Gasteiger charge is 2.48. The SMILES string of the molecule is CCC(C)C1NC(=O)C2CCCN2C(=O)C(Cc2ccccc2)N(C)C(=O)C(Cc2ccccc2)NC(=O)C(C(C)C)N(C)C(=O)C(C(C)C)OC(=O)C(C(C)(C)O)N(C)C(=O)C(CC(C)C)NC(=O)C(C(C)C)N(C)C1=O. The number of fused-ring (bicyclic) bond motifs is 1. The van der Waals surface area contributed by atoms with E-state index in [1.165, 1.54) is 61.6 Å². The van der Waals surface area contributed by atoms with Gasteiger partial charge in [0.25, 0.3) is 5.91 Å². The van der Waals surface area contributed by atoms with Crippen molar-refractivity contribution in [3.8, 4) is 0 Å². The summed E-state index contributed by atoms with van der Waals surface area (Å²) >= 11 is 0. The van der Waals surface area contributed by atoms with Gasteiger partial charge in [-0.2, -0.15) is 0 Å². The van der Waals surface area contributed by atoms with Crippen molar-refractivity contribution in [2.45, 2.75) is 182 Å². The zero-order chi connectivity index (χ0) is 58.7. The molecule has 78 heavy (non-hydrogen) atoms. The largest absolute Gasteiger partial charge is 0.450 e. The van der Waals surface area contributed by atoms with Crippen LogP contribution in [0.2, 0.25) is 0 Å². The first-order chi connectivity index (χ1) is 36.4. The molecule has 0 radical (unpaired) electrons. The highest BCUT2D eigenvalue weighted by Crippen LogP contribution is 2.27. The molecule has 0 aliphatic carbocycles. The van der Waals surface area contributed by atoms with Gasteiger partial charge in [-0.05, 0) is 73.8 Å². The quantitative estimate of drug-likeness (QED) is 0.222. The van der Waals surface area contributed by atoms with E-state index in [0.29, 0.717) is 18.4 Å². The fourth-order valence-corrected chi connectivity index (χ4v) is 10.8. The number of amides is 8. The molecule has 2 aliphatic heterocycles. The molecule has 19 nitrogen and oxygen atoms in total. The maximum atomic E-state index is 15.3. The van der Waals surface area contributed by atoms with Crippen LogP contribution in [0.15, 0.2) is 60.7 Å². The number of nitrogens with one attached hydrogen (secondary N) is 3. The fraction of sp³-hybridized carbons (Fsp3) is 0.644. The number of hydrogen-bond acceptors (Lipinski definition) is 11. The predicted octanol–water partition coefficient (Wildman–Crippen LogP) is 3.98. The molecule has 10 atom stereocenters. The summed E-state index contributed by atoms with van der Waals surface area (Å²) in [5, 5.41) is 20.4. The Hall–Kier alpha value is -6.37. The third-order valence-electron chi connectivity index (χ3n) is 15.3. The minimum absolute atomic E-state index is 0.00763. The smallest absolute Gasteiger partial charge is 0.332 e. The van der Waals surface area contributed by atoms with E-state index in [0.717, 1.165) is 10.5 Å². The standard InChI is InChI=1S/C59H90N8O11/c1-17-38(10)45-56(74)64(14)46(35(4)5)51(69)60-41(31-34(2)3)54(72)66(16)49(59(11,12)77)58(76)78-48(37(8)9)57(75)65(15)47(36(6)7)52(70)61-42(32-39-25-20-18-21-26-39)53(71)63(13)44(33-40-27-22-19-23-28-40)55(73)67-30-24-29-43(67)50(68)62-45/h18-23,25-28,34-38,41-49,77H,17,24,29-33H2,1-16H3,(H,60,69)(H,61,70)(H,62,68). The molecule has 4 rings (SSSR count). The molecule has 10 unspecified atom stereocenters. The van der Waals surface area contributed by atoms with Crippen molar-refractivity contribution in [1.29, 1.82) is 0 Å². The lowest BCUT2D eigenvalue weighted by atomic mass is 9.93. The fourth-order valence-electron chi connectivity index (χ4n) is 10.8. The zero-order valence-corrected chi connectivity index (χ0v) is 49.1. The number of carbonyl (C=O) groups is 9. The Morgan fingerprint density at radius 1 is 0.590 bits per heavy atom. The number of cyclic esters (lactones) is 1. The van der Waals surface area contributed by atoms with Crippen LogP contribution in [0, 0.1) is 29.6 Å². The number of benzene rings is 2. The summed E-state index contributed by atoms with van der Waals surface area (Å²) in [6, 6.07) is 8.08. The number of nitrogens with zero attached hydrogens (tertiary/aromatic N) is 5. The summed E-state index contributed by atoms with van der Waals surface area (Å²) < 4.78 is 6.00. The van der Waals surface area contributed by atoms with Crippen LogP contribution in [0.4, 0.5) is 0 Å². The monoisotopic (exact) mass is 1090 g/mol. The number of rotatable bonds is 12. The molecule has 2 fully saturated rings. The van der Waals surface area contributed by atoms with Gasteiger partial charge in [0.2, 0.25) is 41.4 Å². The van der Waals surface area contributed by atoms with Gasteiger partial charge < -0.3 is 50.3 Å². The first kappa shape index (κ1) is 64.2. The number of aliphatic hydroxyl groups is 1. The van der Waals surface area contributed by atoms with E-state index in [1.54, 1.807) is 72.7 Å². The average Bonchev–Trinajstić information content (AvgIpc) is 3.88. The Bertz CT molecular complexity index is 2410. The van der Waals surface area contributed by atoms with E-state index in [1.807, 2.05) is 57.2 Å². The summed E-state index contributed by atoms with van der Waals surface area (Å²) in [6.07, 6.45) is -0.247. The summed E-state index contributed by atoms with van der Waals surface area (Å²) in [6.45, 7) is 20.4. The molecule has 2 saturated heterocycles. The van der Waals surface area contributed by atoms with Crippen molar-refractivity contribution in [2.75, 3.05) is 34.7 Å². The molecule has 8 amide bonds. The van der Waals surface area contributed by atoms with Crippen LogP contribution in [0.3, 0.4) is 0 Å². The van der Waals surface area contributed by atoms with Gasteiger partial charge >= 0.3 is 5.97 Å². The Labute approximate surface area is 462 Å². The molecule has 2 aliphatic rings. The van der Waals surface area contributed by atoms with Gasteiger partial charge in [-0.1, -0.05) is 136 Å². The van der Waals surface area contributed by atoms with Crippen molar-refractivity contribution < 1.29 is 53.0 Å². The van der Waals surface area contributed by atoms with Gasteiger partial charge in [-0.15, -0.1) is 0 Å². The van der Waals surface area contributed by atoms with Crippen LogP contribution in [-0.4, -0.2) is 178 Å².